The second-order valence-corrected chi connectivity index (χ2v) is 8.77. The van der Waals surface area contributed by atoms with E-state index in [1.807, 2.05) is 26.0 Å². The van der Waals surface area contributed by atoms with Crippen molar-refractivity contribution in [3.05, 3.63) is 70.8 Å². The van der Waals surface area contributed by atoms with Crippen molar-refractivity contribution in [1.29, 1.82) is 5.26 Å². The molecule has 1 atom stereocenters. The van der Waals surface area contributed by atoms with Gasteiger partial charge in [-0.3, -0.25) is 0 Å². The first kappa shape index (κ1) is 25.4. The zero-order valence-corrected chi connectivity index (χ0v) is 19.8. The van der Waals surface area contributed by atoms with Gasteiger partial charge < -0.3 is 25.3 Å². The number of fused-ring (bicyclic) bond motifs is 1. The highest BCUT2D eigenvalue weighted by molar-refractivity contribution is 5.98. The summed E-state index contributed by atoms with van der Waals surface area (Å²) in [7, 11) is 0. The number of hydrogen-bond donors (Lipinski definition) is 4. The van der Waals surface area contributed by atoms with E-state index in [-0.39, 0.29) is 18.5 Å². The summed E-state index contributed by atoms with van der Waals surface area (Å²) in [6.07, 6.45) is 0.973. The van der Waals surface area contributed by atoms with Crippen molar-refractivity contribution < 1.29 is 15.1 Å². The van der Waals surface area contributed by atoms with Crippen molar-refractivity contribution in [1.82, 2.24) is 4.90 Å². The minimum Gasteiger partial charge on any atom is -0.394 e. The lowest BCUT2D eigenvalue weighted by atomic mass is 9.99. The number of nitrogens with zero attached hydrogens (tertiary/aromatic N) is 3. The third kappa shape index (κ3) is 6.43. The van der Waals surface area contributed by atoms with Gasteiger partial charge in [0.15, 0.2) is 0 Å². The summed E-state index contributed by atoms with van der Waals surface area (Å²) in [6, 6.07) is 13.8. The average molecular weight is 464 g/mol. The molecule has 8 heteroatoms. The molecule has 0 aliphatic carbocycles. The van der Waals surface area contributed by atoms with E-state index in [4.69, 9.17) is 15.8 Å². The van der Waals surface area contributed by atoms with Crippen LogP contribution in [0.1, 0.15) is 41.7 Å². The zero-order valence-electron chi connectivity index (χ0n) is 19.8. The van der Waals surface area contributed by atoms with Gasteiger partial charge in [-0.05, 0) is 67.6 Å². The van der Waals surface area contributed by atoms with Crippen LogP contribution in [0, 0.1) is 11.3 Å². The number of aliphatic hydroxyl groups excluding tert-OH is 2. The molecule has 3 rings (SSSR count). The lowest BCUT2D eigenvalue weighted by Gasteiger charge is -2.21. The van der Waals surface area contributed by atoms with Crippen LogP contribution in [0.25, 0.3) is 5.70 Å². The lowest BCUT2D eigenvalue weighted by molar-refractivity contribution is 0.0605. The third-order valence-corrected chi connectivity index (χ3v) is 5.79. The van der Waals surface area contributed by atoms with Gasteiger partial charge in [-0.2, -0.15) is 11.2 Å². The first-order chi connectivity index (χ1) is 16.3. The fraction of sp³-hybridized carbons (Fsp3) is 0.385. The van der Waals surface area contributed by atoms with Crippen molar-refractivity contribution >= 4 is 17.3 Å². The molecule has 0 saturated heterocycles. The number of nitrogens with two attached hydrogens (primary N) is 1. The highest BCUT2D eigenvalue weighted by Gasteiger charge is 2.17. The summed E-state index contributed by atoms with van der Waals surface area (Å²) in [5.74, 6) is 5.70. The minimum absolute atomic E-state index is 0.178. The van der Waals surface area contributed by atoms with E-state index < -0.39 is 6.10 Å². The van der Waals surface area contributed by atoms with Crippen LogP contribution in [0.2, 0.25) is 0 Å². The molecular formula is C26H33N5O3. The molecule has 1 aliphatic rings. The number of nitriles is 1. The molecule has 2 aromatic rings. The van der Waals surface area contributed by atoms with Crippen molar-refractivity contribution in [2.75, 3.05) is 31.6 Å². The maximum atomic E-state index is 9.76. The van der Waals surface area contributed by atoms with Gasteiger partial charge in [-0.1, -0.05) is 18.7 Å². The predicted molar refractivity (Wildman–Crippen MR) is 134 cm³/mol. The number of aliphatic imine (C=N–C) groups is 1. The molecule has 0 amide bonds. The second-order valence-electron chi connectivity index (χ2n) is 8.77. The Morgan fingerprint density at radius 3 is 2.56 bits per heavy atom. The average Bonchev–Trinajstić information content (AvgIpc) is 3.04. The Morgan fingerprint density at radius 2 is 1.91 bits per heavy atom. The number of rotatable bonds is 8. The number of benzene rings is 2. The maximum absolute atomic E-state index is 9.76. The summed E-state index contributed by atoms with van der Waals surface area (Å²) in [5.41, 5.74) is 5.62. The highest BCUT2D eigenvalue weighted by Crippen LogP contribution is 2.24. The van der Waals surface area contributed by atoms with Crippen LogP contribution in [0.4, 0.5) is 5.69 Å². The number of anilines is 1. The Hall–Kier alpha value is -3.22. The van der Waals surface area contributed by atoms with Crippen LogP contribution in [0.5, 0.6) is 0 Å². The quantitative estimate of drug-likeness (QED) is 0.269. The van der Waals surface area contributed by atoms with E-state index >= 15 is 0 Å². The largest absolute Gasteiger partial charge is 0.394 e. The molecule has 1 heterocycles. The van der Waals surface area contributed by atoms with Crippen LogP contribution in [-0.2, 0) is 17.7 Å². The van der Waals surface area contributed by atoms with Crippen molar-refractivity contribution in [2.45, 2.75) is 38.8 Å². The number of β-amino-alcohol motifs (C(OH)–C–C–N with tert-alkyl or cyclic N) is 1. The SMILES string of the molecule is C=C(/N=C(\ON)c1ccc(NC(C)C)c(C#N)c1)c1ccc2c(c1)CCN(CC(O)CO)CC2. The summed E-state index contributed by atoms with van der Waals surface area (Å²) >= 11 is 0. The van der Waals surface area contributed by atoms with Gasteiger partial charge in [0.2, 0.25) is 5.90 Å². The van der Waals surface area contributed by atoms with Crippen molar-refractivity contribution in [2.24, 2.45) is 10.9 Å². The Morgan fingerprint density at radius 1 is 1.21 bits per heavy atom. The summed E-state index contributed by atoms with van der Waals surface area (Å²) in [4.78, 5) is 11.7. The molecule has 0 saturated carbocycles. The van der Waals surface area contributed by atoms with Gasteiger partial charge in [0.25, 0.3) is 0 Å². The fourth-order valence-corrected chi connectivity index (χ4v) is 4.04. The molecule has 1 unspecified atom stereocenters. The molecule has 1 aliphatic heterocycles. The summed E-state index contributed by atoms with van der Waals surface area (Å²) in [5, 5.41) is 31.7. The van der Waals surface area contributed by atoms with Crippen LogP contribution in [-0.4, -0.2) is 59.4 Å². The van der Waals surface area contributed by atoms with Crippen LogP contribution in [0.3, 0.4) is 0 Å². The Labute approximate surface area is 200 Å². The number of nitrogens with one attached hydrogen (secondary N) is 1. The van der Waals surface area contributed by atoms with Gasteiger partial charge in [-0.25, -0.2) is 4.99 Å². The molecule has 0 aromatic heterocycles. The fourth-order valence-electron chi connectivity index (χ4n) is 4.04. The Balaban J connectivity index is 1.80. The number of aliphatic hydroxyl groups is 2. The van der Waals surface area contributed by atoms with Crippen LogP contribution >= 0.6 is 0 Å². The molecule has 0 bridgehead atoms. The first-order valence-corrected chi connectivity index (χ1v) is 11.4. The van der Waals surface area contributed by atoms with E-state index in [0.29, 0.717) is 23.4 Å². The highest BCUT2D eigenvalue weighted by atomic mass is 16.6. The predicted octanol–water partition coefficient (Wildman–Crippen LogP) is 2.44. The smallest absolute Gasteiger partial charge is 0.245 e. The van der Waals surface area contributed by atoms with E-state index in [1.165, 1.54) is 11.1 Å². The lowest BCUT2D eigenvalue weighted by Crippen LogP contribution is -2.35. The van der Waals surface area contributed by atoms with Gasteiger partial charge >= 0.3 is 0 Å². The van der Waals surface area contributed by atoms with Crippen LogP contribution < -0.4 is 11.2 Å². The van der Waals surface area contributed by atoms with Gasteiger partial charge in [0.1, 0.15) is 6.07 Å². The van der Waals surface area contributed by atoms with E-state index in [9.17, 15) is 10.4 Å². The monoisotopic (exact) mass is 463 g/mol. The van der Waals surface area contributed by atoms with E-state index in [2.05, 4.69) is 40.0 Å². The second kappa shape index (κ2) is 11.8. The van der Waals surface area contributed by atoms with E-state index in [0.717, 1.165) is 37.2 Å². The van der Waals surface area contributed by atoms with Gasteiger partial charge in [0, 0.05) is 31.2 Å². The topological polar surface area (TPSA) is 127 Å². The molecule has 0 fully saturated rings. The summed E-state index contributed by atoms with van der Waals surface area (Å²) in [6.45, 7) is 9.97. The van der Waals surface area contributed by atoms with Gasteiger partial charge in [0.05, 0.1) is 29.7 Å². The normalized spacial score (nSPS) is 15.3. The standard InChI is InChI=1S/C26H33N5O3/c1-17(2)29-25-7-6-22(13-23(25)14-27)26(34-28)30-18(3)20-5-4-19-8-10-31(15-24(33)16-32)11-9-21(19)12-20/h4-7,12-13,17,24,29,32-33H,3,8-11,15-16,28H2,1-2H3/b30-26-. The Kier molecular flexibility index (Phi) is 8.79. The molecule has 2 aromatic carbocycles. The van der Waals surface area contributed by atoms with Gasteiger partial charge in [-0.15, -0.1) is 0 Å². The third-order valence-electron chi connectivity index (χ3n) is 5.79. The molecule has 0 spiro atoms. The molecule has 5 N–H and O–H groups in total. The van der Waals surface area contributed by atoms with Crippen molar-refractivity contribution in [3.63, 3.8) is 0 Å². The first-order valence-electron chi connectivity index (χ1n) is 11.4. The van der Waals surface area contributed by atoms with Crippen molar-refractivity contribution in [3.8, 4) is 6.07 Å². The molecule has 34 heavy (non-hydrogen) atoms. The maximum Gasteiger partial charge on any atom is 0.245 e. The molecule has 0 radical (unpaired) electrons. The van der Waals surface area contributed by atoms with E-state index in [1.54, 1.807) is 12.1 Å². The number of hydrogen-bond acceptors (Lipinski definition) is 8. The molecular weight excluding hydrogens is 430 g/mol. The molecule has 8 nitrogen and oxygen atoms in total. The zero-order chi connectivity index (χ0) is 24.7. The van der Waals surface area contributed by atoms with Crippen LogP contribution in [0.15, 0.2) is 48.0 Å². The summed E-state index contributed by atoms with van der Waals surface area (Å²) < 4.78 is 0. The Bertz CT molecular complexity index is 1090. The minimum atomic E-state index is -0.725. The molecule has 180 valence electrons.